The Balaban J connectivity index is 1.24. The summed E-state index contributed by atoms with van der Waals surface area (Å²) in [5.41, 5.74) is 10.5. The number of nitrogens with zero attached hydrogens (tertiary/aromatic N) is 4. The number of rotatable bonds is 6. The van der Waals surface area contributed by atoms with Crippen LogP contribution in [0.15, 0.2) is 206 Å². The highest BCUT2D eigenvalue weighted by atomic mass is 15.0. The monoisotopic (exact) mass is 726 g/mol. The van der Waals surface area contributed by atoms with Crippen LogP contribution < -0.4 is 0 Å². The molecule has 0 amide bonds. The van der Waals surface area contributed by atoms with Crippen LogP contribution in [0.2, 0.25) is 0 Å². The zero-order valence-electron chi connectivity index (χ0n) is 30.9. The van der Waals surface area contributed by atoms with E-state index in [0.717, 1.165) is 61.1 Å². The highest BCUT2D eigenvalue weighted by Crippen LogP contribution is 2.43. The van der Waals surface area contributed by atoms with Gasteiger partial charge in [0.15, 0.2) is 17.5 Å². The van der Waals surface area contributed by atoms with E-state index in [1.165, 1.54) is 26.9 Å². The molecule has 57 heavy (non-hydrogen) atoms. The van der Waals surface area contributed by atoms with Crippen LogP contribution in [-0.2, 0) is 0 Å². The summed E-state index contributed by atoms with van der Waals surface area (Å²) in [5, 5.41) is 7.17. The van der Waals surface area contributed by atoms with Crippen molar-refractivity contribution in [2.45, 2.75) is 0 Å². The Morgan fingerprint density at radius 1 is 0.281 bits per heavy atom. The van der Waals surface area contributed by atoms with Crippen LogP contribution >= 0.6 is 0 Å². The maximum Gasteiger partial charge on any atom is 0.164 e. The summed E-state index contributed by atoms with van der Waals surface area (Å²) in [5.74, 6) is 1.87. The molecule has 4 heteroatoms. The molecular formula is C53H34N4. The Bertz CT molecular complexity index is 3280. The van der Waals surface area contributed by atoms with Crippen molar-refractivity contribution in [3.63, 3.8) is 0 Å². The number of para-hydroxylation sites is 1. The quantitative estimate of drug-likeness (QED) is 0.171. The molecule has 11 aromatic rings. The van der Waals surface area contributed by atoms with E-state index in [-0.39, 0.29) is 0 Å². The molecule has 0 aliphatic heterocycles. The number of hydrogen-bond donors (Lipinski definition) is 0. The summed E-state index contributed by atoms with van der Waals surface area (Å²) in [4.78, 5) is 15.7. The first-order valence-corrected chi connectivity index (χ1v) is 19.3. The Labute approximate surface area is 330 Å². The molecule has 0 aliphatic carbocycles. The van der Waals surface area contributed by atoms with E-state index in [2.05, 4.69) is 193 Å². The summed E-state index contributed by atoms with van der Waals surface area (Å²) in [7, 11) is 0. The van der Waals surface area contributed by atoms with Crippen LogP contribution in [-0.4, -0.2) is 19.5 Å². The average Bonchev–Trinajstić information content (AvgIpc) is 3.61. The van der Waals surface area contributed by atoms with E-state index in [0.29, 0.717) is 17.5 Å². The normalized spacial score (nSPS) is 11.5. The maximum absolute atomic E-state index is 5.32. The van der Waals surface area contributed by atoms with E-state index in [1.54, 1.807) is 0 Å². The SMILES string of the molecule is c1ccc(-c2nc(-c3ccc4ccccc4c3)nc(-c3cc(-c4ccccc4)c(-n4c5ccccc5c5cc6ccccc6cc54)cc3-c3ccccc3)n2)cc1. The molecule has 266 valence electrons. The van der Waals surface area contributed by atoms with Crippen molar-refractivity contribution in [3.05, 3.63) is 206 Å². The number of fused-ring (bicyclic) bond motifs is 5. The molecule has 0 saturated heterocycles. The zero-order valence-corrected chi connectivity index (χ0v) is 30.9. The first-order valence-electron chi connectivity index (χ1n) is 19.3. The van der Waals surface area contributed by atoms with Crippen molar-refractivity contribution in [2.75, 3.05) is 0 Å². The third-order valence-corrected chi connectivity index (χ3v) is 11.0. The van der Waals surface area contributed by atoms with E-state index >= 15 is 0 Å². The Morgan fingerprint density at radius 2 is 0.807 bits per heavy atom. The lowest BCUT2D eigenvalue weighted by Gasteiger charge is -2.20. The number of aromatic nitrogens is 4. The molecule has 0 saturated carbocycles. The maximum atomic E-state index is 5.32. The highest BCUT2D eigenvalue weighted by molar-refractivity contribution is 6.14. The first kappa shape index (κ1) is 32.7. The van der Waals surface area contributed by atoms with Crippen LogP contribution in [0, 0.1) is 0 Å². The van der Waals surface area contributed by atoms with Crippen LogP contribution in [0.3, 0.4) is 0 Å². The molecule has 2 heterocycles. The minimum atomic E-state index is 0.614. The molecule has 11 rings (SSSR count). The lowest BCUT2D eigenvalue weighted by Crippen LogP contribution is -2.04. The summed E-state index contributed by atoms with van der Waals surface area (Å²) in [6, 6.07) is 73.0. The minimum absolute atomic E-state index is 0.614. The minimum Gasteiger partial charge on any atom is -0.309 e. The highest BCUT2D eigenvalue weighted by Gasteiger charge is 2.23. The van der Waals surface area contributed by atoms with Gasteiger partial charge in [0.05, 0.1) is 16.7 Å². The van der Waals surface area contributed by atoms with E-state index in [9.17, 15) is 0 Å². The molecular weight excluding hydrogens is 693 g/mol. The Morgan fingerprint density at radius 3 is 1.51 bits per heavy atom. The van der Waals surface area contributed by atoms with Gasteiger partial charge in [0.25, 0.3) is 0 Å². The number of benzene rings is 9. The van der Waals surface area contributed by atoms with Crippen molar-refractivity contribution >= 4 is 43.4 Å². The number of hydrogen-bond acceptors (Lipinski definition) is 3. The fourth-order valence-electron chi connectivity index (χ4n) is 8.25. The van der Waals surface area contributed by atoms with Gasteiger partial charge in [0, 0.05) is 33.0 Å². The molecule has 0 spiro atoms. The summed E-state index contributed by atoms with van der Waals surface area (Å²) >= 11 is 0. The molecule has 4 nitrogen and oxygen atoms in total. The van der Waals surface area contributed by atoms with Crippen LogP contribution in [0.5, 0.6) is 0 Å². The topological polar surface area (TPSA) is 43.6 Å². The first-order chi connectivity index (χ1) is 28.2. The van der Waals surface area contributed by atoms with Gasteiger partial charge in [-0.05, 0) is 74.6 Å². The van der Waals surface area contributed by atoms with E-state index < -0.39 is 0 Å². The van der Waals surface area contributed by atoms with Gasteiger partial charge in [-0.25, -0.2) is 15.0 Å². The van der Waals surface area contributed by atoms with Crippen LogP contribution in [0.1, 0.15) is 0 Å². The van der Waals surface area contributed by atoms with Gasteiger partial charge >= 0.3 is 0 Å². The third-order valence-electron chi connectivity index (χ3n) is 11.0. The van der Waals surface area contributed by atoms with E-state index in [1.807, 2.05) is 18.2 Å². The van der Waals surface area contributed by atoms with Gasteiger partial charge in [-0.15, -0.1) is 0 Å². The molecule has 2 aromatic heterocycles. The van der Waals surface area contributed by atoms with Gasteiger partial charge in [-0.3, -0.25) is 0 Å². The largest absolute Gasteiger partial charge is 0.309 e. The molecule has 0 bridgehead atoms. The van der Waals surface area contributed by atoms with Crippen LogP contribution in [0.25, 0.3) is 105 Å². The predicted octanol–water partition coefficient (Wildman–Crippen LogP) is 13.6. The zero-order chi connectivity index (χ0) is 37.7. The van der Waals surface area contributed by atoms with Gasteiger partial charge in [0.2, 0.25) is 0 Å². The molecule has 0 aliphatic rings. The second kappa shape index (κ2) is 13.6. The second-order valence-corrected chi connectivity index (χ2v) is 14.5. The van der Waals surface area contributed by atoms with Gasteiger partial charge in [-0.1, -0.05) is 170 Å². The fraction of sp³-hybridized carbons (Fsp3) is 0. The smallest absolute Gasteiger partial charge is 0.164 e. The Hall–Kier alpha value is -7.69. The van der Waals surface area contributed by atoms with E-state index in [4.69, 9.17) is 15.0 Å². The summed E-state index contributed by atoms with van der Waals surface area (Å²) in [6.07, 6.45) is 0. The van der Waals surface area contributed by atoms with Crippen molar-refractivity contribution in [1.29, 1.82) is 0 Å². The molecule has 0 N–H and O–H groups in total. The second-order valence-electron chi connectivity index (χ2n) is 14.5. The molecule has 0 fully saturated rings. The molecule has 0 atom stereocenters. The summed E-state index contributed by atoms with van der Waals surface area (Å²) < 4.78 is 2.44. The lowest BCUT2D eigenvalue weighted by molar-refractivity contribution is 1.07. The fourth-order valence-corrected chi connectivity index (χ4v) is 8.25. The van der Waals surface area contributed by atoms with Gasteiger partial charge in [-0.2, -0.15) is 0 Å². The molecule has 0 unspecified atom stereocenters. The Kier molecular flexibility index (Phi) is 7.78. The molecule has 0 radical (unpaired) electrons. The van der Waals surface area contributed by atoms with Crippen molar-refractivity contribution in [2.24, 2.45) is 0 Å². The standard InChI is InChI=1S/C53H34N4/c1-4-17-36(18-5-1)44-34-50(57-48-27-15-14-26-43(48)46-31-40-24-12-13-25-41(40)32-49(46)57)45(37-19-6-2-7-20-37)33-47(44)53-55-51(38-21-8-3-9-22-38)54-52(56-53)42-29-28-35-16-10-11-23-39(35)30-42/h1-34H. The third kappa shape index (κ3) is 5.74. The van der Waals surface area contributed by atoms with Gasteiger partial charge < -0.3 is 4.57 Å². The average molecular weight is 727 g/mol. The van der Waals surface area contributed by atoms with Crippen molar-refractivity contribution in [1.82, 2.24) is 19.5 Å². The lowest BCUT2D eigenvalue weighted by atomic mass is 9.92. The van der Waals surface area contributed by atoms with Gasteiger partial charge in [0.1, 0.15) is 0 Å². The molecule has 9 aromatic carbocycles. The predicted molar refractivity (Wildman–Crippen MR) is 236 cm³/mol. The van der Waals surface area contributed by atoms with Crippen LogP contribution in [0.4, 0.5) is 0 Å². The van der Waals surface area contributed by atoms with Crippen molar-refractivity contribution in [3.8, 4) is 62.1 Å². The van der Waals surface area contributed by atoms with Crippen molar-refractivity contribution < 1.29 is 0 Å². The summed E-state index contributed by atoms with van der Waals surface area (Å²) in [6.45, 7) is 0.